The molecule has 1 fully saturated rings. The topological polar surface area (TPSA) is 75.4 Å². The molecule has 2 aromatic heterocycles. The first-order valence-electron chi connectivity index (χ1n) is 9.86. The Hall–Kier alpha value is -2.18. The predicted molar refractivity (Wildman–Crippen MR) is 107 cm³/mol. The molecule has 2 aromatic rings. The van der Waals surface area contributed by atoms with Crippen molar-refractivity contribution >= 4 is 17.5 Å². The smallest absolute Gasteiger partial charge is 0.254 e. The average molecular weight is 373 g/mol. The summed E-state index contributed by atoms with van der Waals surface area (Å²) >= 11 is 0. The molecular weight excluding hydrogens is 340 g/mol. The highest BCUT2D eigenvalue weighted by Crippen LogP contribution is 2.37. The van der Waals surface area contributed by atoms with Crippen LogP contribution in [-0.2, 0) is 4.79 Å². The number of fused-ring (bicyclic) bond motifs is 1. The third-order valence-electron chi connectivity index (χ3n) is 6.53. The molecule has 1 amide bonds. The van der Waals surface area contributed by atoms with Crippen LogP contribution in [-0.4, -0.2) is 49.5 Å². The van der Waals surface area contributed by atoms with Crippen molar-refractivity contribution in [1.82, 2.24) is 24.5 Å². The fourth-order valence-electron chi connectivity index (χ4n) is 3.83. The average Bonchev–Trinajstić information content (AvgIpc) is 3.21. The van der Waals surface area contributed by atoms with Gasteiger partial charge in [-0.3, -0.25) is 4.79 Å². The van der Waals surface area contributed by atoms with Gasteiger partial charge in [-0.25, -0.2) is 4.98 Å². The van der Waals surface area contributed by atoms with Crippen molar-refractivity contribution in [1.29, 1.82) is 0 Å². The molecule has 0 radical (unpaired) electrons. The Morgan fingerprint density at radius 1 is 1.33 bits per heavy atom. The normalized spacial score (nSPS) is 19.7. The summed E-state index contributed by atoms with van der Waals surface area (Å²) in [5.74, 6) is 1.77. The molecule has 3 rings (SSSR count). The first kappa shape index (κ1) is 19.6. The number of anilines is 1. The van der Waals surface area contributed by atoms with Gasteiger partial charge in [0.15, 0.2) is 0 Å². The van der Waals surface area contributed by atoms with Crippen LogP contribution in [0.4, 0.5) is 5.82 Å². The van der Waals surface area contributed by atoms with Gasteiger partial charge < -0.3 is 10.2 Å². The highest BCUT2D eigenvalue weighted by atomic mass is 16.2. The Balaban J connectivity index is 1.89. The molecule has 27 heavy (non-hydrogen) atoms. The second-order valence-corrected chi connectivity index (χ2v) is 8.78. The molecule has 0 saturated carbocycles. The standard InChI is InChI=1S/C20H32N6O/c1-8-20(7,9-2)17(27)25-10-15(19(5,6)11-25)24-16-13(3)14(4)23-18-21-12-22-26(16)18/h12,15,24H,8-11H2,1-7H3. The van der Waals surface area contributed by atoms with Crippen LogP contribution in [0.3, 0.4) is 0 Å². The highest BCUT2D eigenvalue weighted by molar-refractivity contribution is 5.82. The molecule has 1 saturated heterocycles. The quantitative estimate of drug-likeness (QED) is 0.872. The van der Waals surface area contributed by atoms with E-state index in [2.05, 4.69) is 55.0 Å². The number of carbonyl (C=O) groups excluding carboxylic acids is 1. The lowest BCUT2D eigenvalue weighted by Crippen LogP contribution is -2.41. The van der Waals surface area contributed by atoms with E-state index in [1.807, 2.05) is 18.7 Å². The minimum Gasteiger partial charge on any atom is -0.365 e. The maximum Gasteiger partial charge on any atom is 0.254 e. The van der Waals surface area contributed by atoms with E-state index in [1.165, 1.54) is 6.33 Å². The number of nitrogens with zero attached hydrogens (tertiary/aromatic N) is 5. The summed E-state index contributed by atoms with van der Waals surface area (Å²) in [6.07, 6.45) is 3.25. The molecule has 3 heterocycles. The van der Waals surface area contributed by atoms with Crippen LogP contribution in [0.1, 0.15) is 58.7 Å². The van der Waals surface area contributed by atoms with Gasteiger partial charge in [-0.05, 0) is 26.7 Å². The number of hydrogen-bond acceptors (Lipinski definition) is 5. The van der Waals surface area contributed by atoms with E-state index in [-0.39, 0.29) is 22.8 Å². The molecule has 7 heteroatoms. The van der Waals surface area contributed by atoms with Crippen molar-refractivity contribution in [2.45, 2.75) is 67.3 Å². The van der Waals surface area contributed by atoms with E-state index >= 15 is 0 Å². The summed E-state index contributed by atoms with van der Waals surface area (Å²) < 4.78 is 1.76. The van der Waals surface area contributed by atoms with E-state index < -0.39 is 0 Å². The lowest BCUT2D eigenvalue weighted by atomic mass is 9.83. The molecule has 1 atom stereocenters. The van der Waals surface area contributed by atoms with Gasteiger partial charge in [0.2, 0.25) is 5.91 Å². The summed E-state index contributed by atoms with van der Waals surface area (Å²) in [7, 11) is 0. The summed E-state index contributed by atoms with van der Waals surface area (Å²) in [4.78, 5) is 23.9. The maximum absolute atomic E-state index is 13.2. The molecule has 0 spiro atoms. The number of hydrogen-bond donors (Lipinski definition) is 1. The van der Waals surface area contributed by atoms with Crippen LogP contribution in [0.25, 0.3) is 5.78 Å². The fraction of sp³-hybridized carbons (Fsp3) is 0.700. The van der Waals surface area contributed by atoms with Crippen molar-refractivity contribution in [3.05, 3.63) is 17.6 Å². The lowest BCUT2D eigenvalue weighted by molar-refractivity contribution is -0.141. The van der Waals surface area contributed by atoms with Crippen LogP contribution in [0.5, 0.6) is 0 Å². The van der Waals surface area contributed by atoms with E-state index in [0.29, 0.717) is 12.3 Å². The van der Waals surface area contributed by atoms with Crippen molar-refractivity contribution in [3.8, 4) is 0 Å². The molecule has 148 valence electrons. The van der Waals surface area contributed by atoms with Gasteiger partial charge in [0.25, 0.3) is 5.78 Å². The molecule has 0 aromatic carbocycles. The molecule has 1 aliphatic heterocycles. The fourth-order valence-corrected chi connectivity index (χ4v) is 3.83. The maximum atomic E-state index is 13.2. The Morgan fingerprint density at radius 3 is 2.63 bits per heavy atom. The van der Waals surface area contributed by atoms with Gasteiger partial charge in [-0.2, -0.15) is 14.6 Å². The van der Waals surface area contributed by atoms with Gasteiger partial charge in [0.1, 0.15) is 12.1 Å². The van der Waals surface area contributed by atoms with Crippen molar-refractivity contribution in [3.63, 3.8) is 0 Å². The third kappa shape index (κ3) is 3.28. The van der Waals surface area contributed by atoms with Gasteiger partial charge >= 0.3 is 0 Å². The van der Waals surface area contributed by atoms with E-state index in [4.69, 9.17) is 0 Å². The Bertz CT molecular complexity index is 852. The van der Waals surface area contributed by atoms with Gasteiger partial charge in [-0.1, -0.05) is 34.6 Å². The first-order valence-corrected chi connectivity index (χ1v) is 9.86. The van der Waals surface area contributed by atoms with Crippen LogP contribution < -0.4 is 5.32 Å². The number of likely N-dealkylation sites (tertiary alicyclic amines) is 1. The molecular formula is C20H32N6O. The molecule has 0 aliphatic carbocycles. The molecule has 7 nitrogen and oxygen atoms in total. The zero-order chi connectivity index (χ0) is 20.0. The summed E-state index contributed by atoms with van der Waals surface area (Å²) in [6.45, 7) is 16.2. The summed E-state index contributed by atoms with van der Waals surface area (Å²) in [5.41, 5.74) is 1.66. The van der Waals surface area contributed by atoms with Crippen LogP contribution in [0.2, 0.25) is 0 Å². The third-order valence-corrected chi connectivity index (χ3v) is 6.53. The zero-order valence-electron chi connectivity index (χ0n) is 17.6. The first-order chi connectivity index (χ1) is 12.6. The van der Waals surface area contributed by atoms with Gasteiger partial charge in [-0.15, -0.1) is 0 Å². The largest absolute Gasteiger partial charge is 0.365 e. The van der Waals surface area contributed by atoms with E-state index in [0.717, 1.165) is 36.5 Å². The second kappa shape index (κ2) is 6.77. The minimum absolute atomic E-state index is 0.0471. The van der Waals surface area contributed by atoms with Gasteiger partial charge in [0.05, 0.1) is 6.04 Å². The number of aromatic nitrogens is 4. The summed E-state index contributed by atoms with van der Waals surface area (Å²) in [5, 5.41) is 8.00. The SMILES string of the molecule is CCC(C)(CC)C(=O)N1CC(Nc2c(C)c(C)nc3ncnn23)C(C)(C)C1. The van der Waals surface area contributed by atoms with E-state index in [9.17, 15) is 4.79 Å². The number of carbonyl (C=O) groups is 1. The summed E-state index contributed by atoms with van der Waals surface area (Å²) in [6, 6.07) is 0.132. The predicted octanol–water partition coefficient (Wildman–Crippen LogP) is 3.22. The monoisotopic (exact) mass is 372 g/mol. The molecule has 1 N–H and O–H groups in total. The van der Waals surface area contributed by atoms with Crippen LogP contribution in [0, 0.1) is 24.7 Å². The molecule has 0 bridgehead atoms. The van der Waals surface area contributed by atoms with Crippen LogP contribution in [0.15, 0.2) is 6.33 Å². The lowest BCUT2D eigenvalue weighted by Gasteiger charge is -2.31. The zero-order valence-corrected chi connectivity index (χ0v) is 17.6. The van der Waals surface area contributed by atoms with Gasteiger partial charge in [0, 0.05) is 35.2 Å². The molecule has 1 aliphatic rings. The second-order valence-electron chi connectivity index (χ2n) is 8.78. The Labute approximate surface area is 161 Å². The number of amides is 1. The molecule has 1 unspecified atom stereocenters. The minimum atomic E-state index is -0.284. The van der Waals surface area contributed by atoms with Crippen LogP contribution >= 0.6 is 0 Å². The number of aryl methyl sites for hydroxylation is 1. The van der Waals surface area contributed by atoms with Crippen molar-refractivity contribution in [2.24, 2.45) is 10.8 Å². The van der Waals surface area contributed by atoms with E-state index in [1.54, 1.807) is 4.52 Å². The Kier molecular flexibility index (Phi) is 4.91. The number of rotatable bonds is 5. The Morgan fingerprint density at radius 2 is 2.00 bits per heavy atom. The number of nitrogens with one attached hydrogen (secondary N) is 1. The van der Waals surface area contributed by atoms with Crippen molar-refractivity contribution in [2.75, 3.05) is 18.4 Å². The highest BCUT2D eigenvalue weighted by Gasteiger charge is 2.45. The van der Waals surface area contributed by atoms with Crippen molar-refractivity contribution < 1.29 is 4.79 Å².